The van der Waals surface area contributed by atoms with Crippen molar-refractivity contribution in [2.75, 3.05) is 13.1 Å². The molecule has 0 unspecified atom stereocenters. The van der Waals surface area contributed by atoms with Gasteiger partial charge in [-0.05, 0) is 32.8 Å². The largest absolute Gasteiger partial charge is 0.472 e. The number of furan rings is 1. The minimum Gasteiger partial charge on any atom is -0.472 e. The fourth-order valence-electron chi connectivity index (χ4n) is 3.31. The number of aryl methyl sites for hydroxylation is 2. The van der Waals surface area contributed by atoms with Crippen LogP contribution in [0.2, 0.25) is 0 Å². The molecule has 3 heterocycles. The smallest absolute Gasteiger partial charge is 0.257 e. The van der Waals surface area contributed by atoms with Gasteiger partial charge in [-0.2, -0.15) is 5.10 Å². The van der Waals surface area contributed by atoms with Crippen LogP contribution in [0, 0.1) is 13.8 Å². The first kappa shape index (κ1) is 17.3. The minimum absolute atomic E-state index is 0.0128. The summed E-state index contributed by atoms with van der Waals surface area (Å²) in [4.78, 5) is 26.4. The molecule has 0 bridgehead atoms. The highest BCUT2D eigenvalue weighted by Crippen LogP contribution is 2.16. The summed E-state index contributed by atoms with van der Waals surface area (Å²) in [5.41, 5.74) is 3.49. The Morgan fingerprint density at radius 3 is 2.60 bits per heavy atom. The molecule has 0 spiro atoms. The molecule has 1 N–H and O–H groups in total. The SMILES string of the molecule is Cc1nn(C)c(C)c1CC(=O)NC1CCN(C(=O)c2ccoc2)CC1. The predicted molar refractivity (Wildman–Crippen MR) is 92.2 cm³/mol. The lowest BCUT2D eigenvalue weighted by atomic mass is 10.0. The maximum Gasteiger partial charge on any atom is 0.257 e. The molecule has 1 aliphatic heterocycles. The summed E-state index contributed by atoms with van der Waals surface area (Å²) >= 11 is 0. The average molecular weight is 344 g/mol. The number of likely N-dealkylation sites (tertiary alicyclic amines) is 1. The minimum atomic E-state index is -0.0138. The summed E-state index contributed by atoms with van der Waals surface area (Å²) in [6.07, 6.45) is 4.84. The predicted octanol–water partition coefficient (Wildman–Crippen LogP) is 1.59. The summed E-state index contributed by atoms with van der Waals surface area (Å²) in [6.45, 7) is 5.18. The molecule has 25 heavy (non-hydrogen) atoms. The summed E-state index contributed by atoms with van der Waals surface area (Å²) in [6, 6.07) is 1.78. The number of aromatic nitrogens is 2. The van der Waals surface area contributed by atoms with E-state index in [4.69, 9.17) is 4.42 Å². The fourth-order valence-corrected chi connectivity index (χ4v) is 3.31. The molecule has 1 aliphatic rings. The Labute approximate surface area is 147 Å². The summed E-state index contributed by atoms with van der Waals surface area (Å²) in [5, 5.41) is 7.44. The van der Waals surface area contributed by atoms with Gasteiger partial charge in [-0.1, -0.05) is 0 Å². The summed E-state index contributed by atoms with van der Waals surface area (Å²) in [5.74, 6) is -0.000975. The molecule has 0 aliphatic carbocycles. The van der Waals surface area contributed by atoms with Crippen LogP contribution in [0.3, 0.4) is 0 Å². The van der Waals surface area contributed by atoms with Gasteiger partial charge in [0.15, 0.2) is 0 Å². The second-order valence-electron chi connectivity index (χ2n) is 6.60. The second-order valence-corrected chi connectivity index (χ2v) is 6.60. The Morgan fingerprint density at radius 1 is 1.32 bits per heavy atom. The van der Waals surface area contributed by atoms with Crippen LogP contribution in [0.5, 0.6) is 0 Å². The molecule has 3 rings (SSSR count). The van der Waals surface area contributed by atoms with E-state index in [1.807, 2.05) is 25.8 Å². The number of nitrogens with zero attached hydrogens (tertiary/aromatic N) is 3. The molecule has 1 fully saturated rings. The summed E-state index contributed by atoms with van der Waals surface area (Å²) < 4.78 is 6.77. The Bertz CT molecular complexity index is 756. The first-order valence-corrected chi connectivity index (χ1v) is 8.55. The van der Waals surface area contributed by atoms with Crippen molar-refractivity contribution in [2.45, 2.75) is 39.2 Å². The van der Waals surface area contributed by atoms with Crippen LogP contribution in [-0.2, 0) is 18.3 Å². The third-order valence-corrected chi connectivity index (χ3v) is 4.91. The number of amides is 2. The van der Waals surface area contributed by atoms with Crippen LogP contribution < -0.4 is 5.32 Å². The van der Waals surface area contributed by atoms with Gasteiger partial charge in [0.25, 0.3) is 5.91 Å². The van der Waals surface area contributed by atoms with Crippen LogP contribution in [-0.4, -0.2) is 45.6 Å². The van der Waals surface area contributed by atoms with Gasteiger partial charge in [-0.15, -0.1) is 0 Å². The van der Waals surface area contributed by atoms with E-state index < -0.39 is 0 Å². The van der Waals surface area contributed by atoms with Crippen LogP contribution in [0.15, 0.2) is 23.0 Å². The van der Waals surface area contributed by atoms with E-state index in [0.29, 0.717) is 25.1 Å². The Morgan fingerprint density at radius 2 is 2.04 bits per heavy atom. The van der Waals surface area contributed by atoms with Crippen molar-refractivity contribution < 1.29 is 14.0 Å². The molecule has 7 heteroatoms. The second kappa shape index (κ2) is 7.13. The third-order valence-electron chi connectivity index (χ3n) is 4.91. The number of nitrogens with one attached hydrogen (secondary N) is 1. The highest BCUT2D eigenvalue weighted by atomic mass is 16.3. The normalized spacial score (nSPS) is 15.4. The van der Waals surface area contributed by atoms with Crippen molar-refractivity contribution in [1.82, 2.24) is 20.0 Å². The van der Waals surface area contributed by atoms with Crippen molar-refractivity contribution in [3.8, 4) is 0 Å². The lowest BCUT2D eigenvalue weighted by molar-refractivity contribution is -0.121. The van der Waals surface area contributed by atoms with E-state index in [1.165, 1.54) is 12.5 Å². The number of piperidine rings is 1. The van der Waals surface area contributed by atoms with Crippen molar-refractivity contribution >= 4 is 11.8 Å². The number of carbonyl (C=O) groups is 2. The van der Waals surface area contributed by atoms with E-state index >= 15 is 0 Å². The zero-order valence-electron chi connectivity index (χ0n) is 14.9. The van der Waals surface area contributed by atoms with Crippen molar-refractivity contribution in [3.63, 3.8) is 0 Å². The van der Waals surface area contributed by atoms with E-state index in [9.17, 15) is 9.59 Å². The maximum atomic E-state index is 12.4. The van der Waals surface area contributed by atoms with Gasteiger partial charge in [0, 0.05) is 37.4 Å². The summed E-state index contributed by atoms with van der Waals surface area (Å²) in [7, 11) is 1.89. The van der Waals surface area contributed by atoms with E-state index in [1.54, 1.807) is 10.7 Å². The quantitative estimate of drug-likeness (QED) is 0.913. The molecule has 7 nitrogen and oxygen atoms in total. The molecular formula is C18H24N4O3. The Kier molecular flexibility index (Phi) is 4.92. The van der Waals surface area contributed by atoms with E-state index in [-0.39, 0.29) is 17.9 Å². The lowest BCUT2D eigenvalue weighted by Crippen LogP contribution is -2.46. The molecule has 2 aromatic rings. The van der Waals surface area contributed by atoms with Crippen LogP contribution in [0.25, 0.3) is 0 Å². The zero-order valence-corrected chi connectivity index (χ0v) is 14.9. The highest BCUT2D eigenvalue weighted by molar-refractivity contribution is 5.93. The molecule has 0 radical (unpaired) electrons. The number of hydrogen-bond acceptors (Lipinski definition) is 4. The molecule has 1 saturated heterocycles. The van der Waals surface area contributed by atoms with E-state index in [0.717, 1.165) is 29.8 Å². The van der Waals surface area contributed by atoms with Gasteiger partial charge in [0.1, 0.15) is 6.26 Å². The van der Waals surface area contributed by atoms with Gasteiger partial charge in [0.05, 0.1) is 23.9 Å². The van der Waals surface area contributed by atoms with E-state index in [2.05, 4.69) is 10.4 Å². The first-order chi connectivity index (χ1) is 12.0. The molecule has 0 saturated carbocycles. The third kappa shape index (κ3) is 3.75. The number of carbonyl (C=O) groups excluding carboxylic acids is 2. The standard InChI is InChI=1S/C18H24N4O3/c1-12-16(13(2)21(3)20-12)10-17(23)19-15-4-7-22(8-5-15)18(24)14-6-9-25-11-14/h6,9,11,15H,4-5,7-8,10H2,1-3H3,(H,19,23). The topological polar surface area (TPSA) is 80.4 Å². The monoisotopic (exact) mass is 344 g/mol. The molecule has 134 valence electrons. The van der Waals surface area contributed by atoms with Gasteiger partial charge >= 0.3 is 0 Å². The van der Waals surface area contributed by atoms with Gasteiger partial charge in [-0.3, -0.25) is 14.3 Å². The zero-order chi connectivity index (χ0) is 18.0. The Balaban J connectivity index is 1.50. The van der Waals surface area contributed by atoms with Gasteiger partial charge in [-0.25, -0.2) is 0 Å². The van der Waals surface area contributed by atoms with Gasteiger partial charge in [0.2, 0.25) is 5.91 Å². The van der Waals surface area contributed by atoms with Gasteiger partial charge < -0.3 is 14.6 Å². The number of hydrogen-bond donors (Lipinski definition) is 1. The lowest BCUT2D eigenvalue weighted by Gasteiger charge is -2.32. The van der Waals surface area contributed by atoms with Crippen molar-refractivity contribution in [2.24, 2.45) is 7.05 Å². The molecular weight excluding hydrogens is 320 g/mol. The first-order valence-electron chi connectivity index (χ1n) is 8.55. The average Bonchev–Trinajstić information content (AvgIpc) is 3.20. The highest BCUT2D eigenvalue weighted by Gasteiger charge is 2.25. The maximum absolute atomic E-state index is 12.4. The molecule has 2 aromatic heterocycles. The molecule has 0 atom stereocenters. The van der Waals surface area contributed by atoms with Crippen molar-refractivity contribution in [3.05, 3.63) is 41.1 Å². The Hall–Kier alpha value is -2.57. The number of rotatable bonds is 4. The molecule has 0 aromatic carbocycles. The van der Waals surface area contributed by atoms with Crippen LogP contribution >= 0.6 is 0 Å². The fraction of sp³-hybridized carbons (Fsp3) is 0.500. The van der Waals surface area contributed by atoms with Crippen LogP contribution in [0.4, 0.5) is 0 Å². The molecule has 2 amide bonds. The van der Waals surface area contributed by atoms with Crippen molar-refractivity contribution in [1.29, 1.82) is 0 Å². The van der Waals surface area contributed by atoms with Crippen LogP contribution in [0.1, 0.15) is 40.2 Å².